The van der Waals surface area contributed by atoms with Gasteiger partial charge < -0.3 is 19.6 Å². The van der Waals surface area contributed by atoms with Crippen molar-refractivity contribution in [1.29, 1.82) is 0 Å². The Morgan fingerprint density at radius 1 is 1.38 bits per heavy atom. The van der Waals surface area contributed by atoms with Gasteiger partial charge in [-0.3, -0.25) is 9.89 Å². The molecule has 132 valence electrons. The number of benzene rings is 1. The lowest BCUT2D eigenvalue weighted by Gasteiger charge is -2.19. The number of anilines is 1. The number of aromatic nitrogens is 2. The summed E-state index contributed by atoms with van der Waals surface area (Å²) in [7, 11) is 1.50. The van der Waals surface area contributed by atoms with E-state index >= 15 is 0 Å². The monoisotopic (exact) mass is 351 g/mol. The van der Waals surface area contributed by atoms with Crippen LogP contribution in [0, 0.1) is 0 Å². The number of carbonyl (C=O) groups is 1. The first-order valence-electron chi connectivity index (χ1n) is 8.13. The molecule has 1 amide bonds. The average Bonchev–Trinajstić information content (AvgIpc) is 3.29. The number of carbonyl (C=O) groups excluding carboxylic acids is 1. The van der Waals surface area contributed by atoms with Crippen LogP contribution in [0.2, 0.25) is 0 Å². The van der Waals surface area contributed by atoms with Crippen LogP contribution in [0.25, 0.3) is 17.5 Å². The van der Waals surface area contributed by atoms with Crippen LogP contribution in [0.15, 0.2) is 47.1 Å². The molecular weight excluding hydrogens is 334 g/mol. The summed E-state index contributed by atoms with van der Waals surface area (Å²) < 4.78 is 10.6. The second-order valence-electron chi connectivity index (χ2n) is 5.99. The number of amides is 1. The standard InChI is InChI=1S/C19H17N3O4/c1-25-15-9-11(5-7-13(15)23)4-6-12-10-16(24)20-19-17(12)18(21-22-19)14-3-2-8-26-14/h2-9,12,23H,10H2,1H3,(H2,20,21,22,24)/b6-4+/t12-/m0/s1. The van der Waals surface area contributed by atoms with Gasteiger partial charge in [-0.2, -0.15) is 5.10 Å². The normalized spacial score (nSPS) is 16.5. The number of aromatic hydroxyl groups is 1. The van der Waals surface area contributed by atoms with Gasteiger partial charge in [0, 0.05) is 17.9 Å². The third-order valence-electron chi connectivity index (χ3n) is 4.33. The van der Waals surface area contributed by atoms with Crippen LogP contribution in [0.4, 0.5) is 5.82 Å². The number of allylic oxidation sites excluding steroid dienone is 1. The minimum absolute atomic E-state index is 0.0823. The lowest BCUT2D eigenvalue weighted by Crippen LogP contribution is -2.21. The summed E-state index contributed by atoms with van der Waals surface area (Å²) in [6, 6.07) is 8.73. The summed E-state index contributed by atoms with van der Waals surface area (Å²) in [5, 5.41) is 19.6. The number of ether oxygens (including phenoxy) is 1. The maximum atomic E-state index is 12.0. The lowest BCUT2D eigenvalue weighted by molar-refractivity contribution is -0.116. The number of fused-ring (bicyclic) bond motifs is 1. The summed E-state index contributed by atoms with van der Waals surface area (Å²) >= 11 is 0. The molecule has 0 radical (unpaired) electrons. The summed E-state index contributed by atoms with van der Waals surface area (Å²) in [5.41, 5.74) is 2.50. The van der Waals surface area contributed by atoms with Gasteiger partial charge in [-0.1, -0.05) is 18.2 Å². The molecule has 1 aromatic carbocycles. The SMILES string of the molecule is COc1cc(/C=C/[C@H]2CC(=O)Nc3n[nH]c(-c4ccco4)c32)ccc1O. The van der Waals surface area contributed by atoms with Crippen molar-refractivity contribution in [2.24, 2.45) is 0 Å². The van der Waals surface area contributed by atoms with Crippen LogP contribution < -0.4 is 10.1 Å². The summed E-state index contributed by atoms with van der Waals surface area (Å²) in [4.78, 5) is 12.0. The largest absolute Gasteiger partial charge is 0.504 e. The third kappa shape index (κ3) is 2.83. The number of phenols is 1. The number of hydrogen-bond donors (Lipinski definition) is 3. The van der Waals surface area contributed by atoms with Gasteiger partial charge in [0.25, 0.3) is 0 Å². The summed E-state index contributed by atoms with van der Waals surface area (Å²) in [6.07, 6.45) is 5.75. The van der Waals surface area contributed by atoms with Gasteiger partial charge in [-0.05, 0) is 29.8 Å². The molecular formula is C19H17N3O4. The molecule has 0 spiro atoms. The van der Waals surface area contributed by atoms with E-state index in [1.165, 1.54) is 7.11 Å². The zero-order valence-corrected chi connectivity index (χ0v) is 14.0. The van der Waals surface area contributed by atoms with Gasteiger partial charge in [0.15, 0.2) is 23.1 Å². The van der Waals surface area contributed by atoms with Gasteiger partial charge >= 0.3 is 0 Å². The van der Waals surface area contributed by atoms with E-state index < -0.39 is 0 Å². The van der Waals surface area contributed by atoms with E-state index in [0.29, 0.717) is 23.7 Å². The number of methoxy groups -OCH3 is 1. The second kappa shape index (κ2) is 6.44. The molecule has 0 bridgehead atoms. The highest BCUT2D eigenvalue weighted by atomic mass is 16.5. The fourth-order valence-electron chi connectivity index (χ4n) is 3.09. The predicted molar refractivity (Wildman–Crippen MR) is 96.0 cm³/mol. The lowest BCUT2D eigenvalue weighted by atomic mass is 9.90. The van der Waals surface area contributed by atoms with Crippen molar-refractivity contribution in [2.45, 2.75) is 12.3 Å². The predicted octanol–water partition coefficient (Wildman–Crippen LogP) is 3.52. The first-order valence-corrected chi connectivity index (χ1v) is 8.13. The van der Waals surface area contributed by atoms with E-state index in [0.717, 1.165) is 16.8 Å². The van der Waals surface area contributed by atoms with Crippen molar-refractivity contribution in [1.82, 2.24) is 10.2 Å². The molecule has 3 N–H and O–H groups in total. The summed E-state index contributed by atoms with van der Waals surface area (Å²) in [6.45, 7) is 0. The van der Waals surface area contributed by atoms with Crippen molar-refractivity contribution >= 4 is 17.8 Å². The zero-order chi connectivity index (χ0) is 18.1. The van der Waals surface area contributed by atoms with Crippen molar-refractivity contribution in [3.8, 4) is 23.0 Å². The van der Waals surface area contributed by atoms with Crippen LogP contribution in [-0.2, 0) is 4.79 Å². The number of hydrogen-bond acceptors (Lipinski definition) is 5. The molecule has 0 aliphatic carbocycles. The minimum atomic E-state index is -0.155. The molecule has 0 fully saturated rings. The van der Waals surface area contributed by atoms with Gasteiger partial charge in [0.05, 0.1) is 13.4 Å². The molecule has 4 rings (SSSR count). The Bertz CT molecular complexity index is 973. The quantitative estimate of drug-likeness (QED) is 0.668. The van der Waals surface area contributed by atoms with Gasteiger partial charge in [-0.25, -0.2) is 0 Å². The van der Waals surface area contributed by atoms with E-state index in [1.807, 2.05) is 18.2 Å². The average molecular weight is 351 g/mol. The summed E-state index contributed by atoms with van der Waals surface area (Å²) in [5.74, 6) is 1.42. The molecule has 1 atom stereocenters. The molecule has 0 unspecified atom stereocenters. The topological polar surface area (TPSA) is 100 Å². The Balaban J connectivity index is 1.70. The molecule has 7 heteroatoms. The highest BCUT2D eigenvalue weighted by Gasteiger charge is 2.30. The molecule has 7 nitrogen and oxygen atoms in total. The molecule has 2 aromatic heterocycles. The van der Waals surface area contributed by atoms with E-state index in [4.69, 9.17) is 9.15 Å². The number of rotatable bonds is 4. The molecule has 1 aliphatic rings. The smallest absolute Gasteiger partial charge is 0.226 e. The van der Waals surface area contributed by atoms with Crippen LogP contribution in [-0.4, -0.2) is 28.3 Å². The van der Waals surface area contributed by atoms with Crippen LogP contribution >= 0.6 is 0 Å². The van der Waals surface area contributed by atoms with E-state index in [2.05, 4.69) is 15.5 Å². The van der Waals surface area contributed by atoms with Gasteiger partial charge in [-0.15, -0.1) is 0 Å². The Morgan fingerprint density at radius 2 is 2.27 bits per heavy atom. The van der Waals surface area contributed by atoms with E-state index in [9.17, 15) is 9.90 Å². The number of phenolic OH excluding ortho intramolecular Hbond substituents is 1. The molecule has 26 heavy (non-hydrogen) atoms. The Labute approximate surface area is 149 Å². The minimum Gasteiger partial charge on any atom is -0.504 e. The number of aromatic amines is 1. The van der Waals surface area contributed by atoms with E-state index in [1.54, 1.807) is 30.5 Å². The number of nitrogens with one attached hydrogen (secondary N) is 2. The highest BCUT2D eigenvalue weighted by Crippen LogP contribution is 2.39. The van der Waals surface area contributed by atoms with Crippen molar-refractivity contribution in [3.05, 3.63) is 53.8 Å². The second-order valence-corrected chi connectivity index (χ2v) is 5.99. The first kappa shape index (κ1) is 16.0. The Morgan fingerprint density at radius 3 is 3.04 bits per heavy atom. The Kier molecular flexibility index (Phi) is 3.96. The number of nitrogens with zero attached hydrogens (tertiary/aromatic N) is 1. The van der Waals surface area contributed by atoms with Crippen molar-refractivity contribution < 1.29 is 19.1 Å². The fourth-order valence-corrected chi connectivity index (χ4v) is 3.09. The van der Waals surface area contributed by atoms with Crippen molar-refractivity contribution in [3.63, 3.8) is 0 Å². The van der Waals surface area contributed by atoms with Crippen molar-refractivity contribution in [2.75, 3.05) is 12.4 Å². The van der Waals surface area contributed by atoms with Crippen LogP contribution in [0.3, 0.4) is 0 Å². The molecule has 3 heterocycles. The molecule has 0 saturated carbocycles. The number of H-pyrrole nitrogens is 1. The maximum absolute atomic E-state index is 12.0. The maximum Gasteiger partial charge on any atom is 0.226 e. The first-order chi connectivity index (χ1) is 12.7. The van der Waals surface area contributed by atoms with Crippen LogP contribution in [0.5, 0.6) is 11.5 Å². The van der Waals surface area contributed by atoms with Gasteiger partial charge in [0.1, 0.15) is 5.69 Å². The third-order valence-corrected chi connectivity index (χ3v) is 4.33. The van der Waals surface area contributed by atoms with Crippen LogP contribution in [0.1, 0.15) is 23.5 Å². The molecule has 1 aliphatic heterocycles. The molecule has 0 saturated heterocycles. The Hall–Kier alpha value is -3.48. The highest BCUT2D eigenvalue weighted by molar-refractivity contribution is 5.95. The molecule has 3 aromatic rings. The fraction of sp³-hybridized carbons (Fsp3) is 0.158. The van der Waals surface area contributed by atoms with E-state index in [-0.39, 0.29) is 17.6 Å². The zero-order valence-electron chi connectivity index (χ0n) is 14.0. The van der Waals surface area contributed by atoms with Gasteiger partial charge in [0.2, 0.25) is 5.91 Å². The number of furan rings is 1.